The van der Waals surface area contributed by atoms with Crippen LogP contribution < -0.4 is 14.8 Å². The molecule has 0 atom stereocenters. The van der Waals surface area contributed by atoms with E-state index in [0.717, 1.165) is 71.2 Å². The lowest BCUT2D eigenvalue weighted by Gasteiger charge is -2.32. The van der Waals surface area contributed by atoms with E-state index in [1.807, 2.05) is 69.3 Å². The molecule has 7 nitrogen and oxygen atoms in total. The number of nitrogens with zero attached hydrogens (tertiary/aromatic N) is 2. The van der Waals surface area contributed by atoms with Crippen LogP contribution >= 0.6 is 0 Å². The van der Waals surface area contributed by atoms with Gasteiger partial charge in [-0.05, 0) is 63.4 Å². The fourth-order valence-corrected chi connectivity index (χ4v) is 5.23. The summed E-state index contributed by atoms with van der Waals surface area (Å²) in [6.45, 7) is 9.00. The summed E-state index contributed by atoms with van der Waals surface area (Å²) in [5, 5.41) is 3.17. The predicted molar refractivity (Wildman–Crippen MR) is 139 cm³/mol. The van der Waals surface area contributed by atoms with Gasteiger partial charge in [0.2, 0.25) is 0 Å². The number of rotatable bonds is 6. The van der Waals surface area contributed by atoms with E-state index in [1.54, 1.807) is 0 Å². The summed E-state index contributed by atoms with van der Waals surface area (Å²) >= 11 is 0. The van der Waals surface area contributed by atoms with Gasteiger partial charge < -0.3 is 19.4 Å². The van der Waals surface area contributed by atoms with Gasteiger partial charge in [0.15, 0.2) is 17.3 Å². The normalized spacial score (nSPS) is 16.1. The summed E-state index contributed by atoms with van der Waals surface area (Å²) < 4.78 is 13.5. The molecule has 188 valence electrons. The molecule has 2 aliphatic heterocycles. The van der Waals surface area contributed by atoms with Crippen molar-refractivity contribution < 1.29 is 19.1 Å². The number of aryl methyl sites for hydroxylation is 2. The number of piperidine rings is 1. The molecular formula is C29H33N3O4. The van der Waals surface area contributed by atoms with E-state index in [9.17, 15) is 9.59 Å². The molecule has 0 unspecified atom stereocenters. The van der Waals surface area contributed by atoms with Gasteiger partial charge >= 0.3 is 0 Å². The Morgan fingerprint density at radius 3 is 2.39 bits per heavy atom. The van der Waals surface area contributed by atoms with E-state index in [-0.39, 0.29) is 17.7 Å². The van der Waals surface area contributed by atoms with E-state index in [0.29, 0.717) is 19.8 Å². The highest BCUT2D eigenvalue weighted by molar-refractivity contribution is 5.99. The molecule has 0 spiro atoms. The Morgan fingerprint density at radius 2 is 1.64 bits per heavy atom. The van der Waals surface area contributed by atoms with E-state index in [1.165, 1.54) is 0 Å². The average Bonchev–Trinajstić information content (AvgIpc) is 3.18. The molecule has 1 aromatic heterocycles. The van der Waals surface area contributed by atoms with Crippen molar-refractivity contribution in [2.24, 2.45) is 0 Å². The maximum atomic E-state index is 13.3. The van der Waals surface area contributed by atoms with Crippen molar-refractivity contribution in [3.8, 4) is 17.2 Å². The summed E-state index contributed by atoms with van der Waals surface area (Å²) in [7, 11) is 0. The Morgan fingerprint density at radius 1 is 0.917 bits per heavy atom. The maximum Gasteiger partial charge on any atom is 0.251 e. The highest BCUT2D eigenvalue weighted by Gasteiger charge is 2.25. The third-order valence-electron chi connectivity index (χ3n) is 7.20. The van der Waals surface area contributed by atoms with Gasteiger partial charge in [-0.2, -0.15) is 0 Å². The maximum absolute atomic E-state index is 13.3. The molecule has 0 bridgehead atoms. The van der Waals surface area contributed by atoms with Gasteiger partial charge in [-0.15, -0.1) is 0 Å². The number of fused-ring (bicyclic) bond motifs is 1. The van der Waals surface area contributed by atoms with Crippen LogP contribution in [-0.2, 0) is 0 Å². The predicted octanol–water partition coefficient (Wildman–Crippen LogP) is 4.25. The Kier molecular flexibility index (Phi) is 6.83. The zero-order chi connectivity index (χ0) is 25.2. The average molecular weight is 488 g/mol. The number of carbonyl (C=O) groups excluding carboxylic acids is 2. The molecule has 0 aliphatic carbocycles. The fraction of sp³-hybridized carbons (Fsp3) is 0.379. The van der Waals surface area contributed by atoms with Gasteiger partial charge in [0.05, 0.1) is 6.54 Å². The van der Waals surface area contributed by atoms with E-state index in [2.05, 4.69) is 14.8 Å². The number of ether oxygens (including phenoxy) is 2. The van der Waals surface area contributed by atoms with Gasteiger partial charge in [0.1, 0.15) is 13.2 Å². The fourth-order valence-electron chi connectivity index (χ4n) is 5.23. The first kappa shape index (κ1) is 24.1. The van der Waals surface area contributed by atoms with Crippen molar-refractivity contribution in [3.63, 3.8) is 0 Å². The molecular weight excluding hydrogens is 454 g/mol. The van der Waals surface area contributed by atoms with Crippen molar-refractivity contribution in [3.05, 3.63) is 76.6 Å². The smallest absolute Gasteiger partial charge is 0.251 e. The number of ketones is 1. The molecule has 3 aromatic rings. The number of Topliss-reactive ketones (excluding diaryl/α,β-unsaturated/α-hetero) is 1. The number of amides is 1. The Balaban J connectivity index is 1.20. The number of carbonyl (C=O) groups is 2. The largest absolute Gasteiger partial charge is 0.486 e. The highest BCUT2D eigenvalue weighted by Crippen LogP contribution is 2.33. The lowest BCUT2D eigenvalue weighted by molar-refractivity contribution is 0.0858. The van der Waals surface area contributed by atoms with Gasteiger partial charge in [0.25, 0.3) is 5.91 Å². The standard InChI is InChI=1S/C29H33N3O4/c1-19-6-4-5-7-24(19)29(34)30-22-10-12-31(13-11-22)18-26(33)25-16-20(2)32(21(25)3)23-8-9-27-28(17-23)36-15-14-35-27/h4-9,16-17,22H,10-15,18H2,1-3H3,(H,30,34). The van der Waals surface area contributed by atoms with Crippen molar-refractivity contribution in [2.45, 2.75) is 39.7 Å². The van der Waals surface area contributed by atoms with Crippen LogP contribution in [0.1, 0.15) is 50.5 Å². The molecule has 36 heavy (non-hydrogen) atoms. The first-order chi connectivity index (χ1) is 17.4. The minimum atomic E-state index is -0.0193. The van der Waals surface area contributed by atoms with Crippen molar-refractivity contribution in [1.82, 2.24) is 14.8 Å². The van der Waals surface area contributed by atoms with E-state index < -0.39 is 0 Å². The van der Waals surface area contributed by atoms with Crippen molar-refractivity contribution in [2.75, 3.05) is 32.8 Å². The van der Waals surface area contributed by atoms with Crippen molar-refractivity contribution in [1.29, 1.82) is 0 Å². The van der Waals surface area contributed by atoms with Gasteiger partial charge in [-0.25, -0.2) is 0 Å². The number of nitrogens with one attached hydrogen (secondary N) is 1. The Hall–Kier alpha value is -3.58. The van der Waals surface area contributed by atoms with Crippen LogP contribution in [0.3, 0.4) is 0 Å². The molecule has 1 fully saturated rings. The van der Waals surface area contributed by atoms with Crippen LogP contribution in [0.5, 0.6) is 11.5 Å². The molecule has 1 amide bonds. The van der Waals surface area contributed by atoms with Crippen LogP contribution in [-0.4, -0.2) is 60.0 Å². The minimum absolute atomic E-state index is 0.0193. The summed E-state index contributed by atoms with van der Waals surface area (Å²) in [4.78, 5) is 28.1. The highest BCUT2D eigenvalue weighted by atomic mass is 16.6. The molecule has 0 saturated carbocycles. The molecule has 2 aromatic carbocycles. The van der Waals surface area contributed by atoms with Crippen LogP contribution in [0.15, 0.2) is 48.5 Å². The molecule has 0 radical (unpaired) electrons. The van der Waals surface area contributed by atoms with E-state index in [4.69, 9.17) is 9.47 Å². The van der Waals surface area contributed by atoms with Crippen molar-refractivity contribution >= 4 is 11.7 Å². The summed E-state index contributed by atoms with van der Waals surface area (Å²) in [5.74, 6) is 1.59. The zero-order valence-corrected chi connectivity index (χ0v) is 21.2. The minimum Gasteiger partial charge on any atom is -0.486 e. The van der Waals surface area contributed by atoms with Crippen LogP contribution in [0.4, 0.5) is 0 Å². The lowest BCUT2D eigenvalue weighted by atomic mass is 10.0. The van der Waals surface area contributed by atoms with Crippen LogP contribution in [0.25, 0.3) is 5.69 Å². The molecule has 5 rings (SSSR count). The van der Waals surface area contributed by atoms with Gasteiger partial charge in [-0.1, -0.05) is 18.2 Å². The Labute approximate surface area is 212 Å². The quantitative estimate of drug-likeness (QED) is 0.527. The van der Waals surface area contributed by atoms with Crippen LogP contribution in [0, 0.1) is 20.8 Å². The molecule has 7 heteroatoms. The monoisotopic (exact) mass is 487 g/mol. The molecule has 2 aliphatic rings. The molecule has 1 saturated heterocycles. The summed E-state index contributed by atoms with van der Waals surface area (Å²) in [5.41, 5.74) is 5.34. The lowest BCUT2D eigenvalue weighted by Crippen LogP contribution is -2.46. The van der Waals surface area contributed by atoms with Gasteiger partial charge in [0, 0.05) is 53.4 Å². The van der Waals surface area contributed by atoms with Gasteiger partial charge in [-0.3, -0.25) is 14.5 Å². The second-order valence-corrected chi connectivity index (χ2v) is 9.71. The second kappa shape index (κ2) is 10.2. The number of benzene rings is 2. The Bertz CT molecular complexity index is 1290. The molecule has 1 N–H and O–H groups in total. The SMILES string of the molecule is Cc1ccccc1C(=O)NC1CCN(CC(=O)c2cc(C)n(-c3ccc4c(c3)OCCO4)c2C)CC1. The molecule has 3 heterocycles. The summed E-state index contributed by atoms with van der Waals surface area (Å²) in [6, 6.07) is 15.6. The third kappa shape index (κ3) is 4.88. The first-order valence-electron chi connectivity index (χ1n) is 12.6. The van der Waals surface area contributed by atoms with Crippen LogP contribution in [0.2, 0.25) is 0 Å². The number of aromatic nitrogens is 1. The number of likely N-dealkylation sites (tertiary alicyclic amines) is 1. The topological polar surface area (TPSA) is 72.8 Å². The number of hydrogen-bond donors (Lipinski definition) is 1. The first-order valence-corrected chi connectivity index (χ1v) is 12.6. The second-order valence-electron chi connectivity index (χ2n) is 9.71. The zero-order valence-electron chi connectivity index (χ0n) is 21.2. The number of hydrogen-bond acceptors (Lipinski definition) is 5. The third-order valence-corrected chi connectivity index (χ3v) is 7.20. The summed E-state index contributed by atoms with van der Waals surface area (Å²) in [6.07, 6.45) is 1.67. The van der Waals surface area contributed by atoms with E-state index >= 15 is 0 Å².